The van der Waals surface area contributed by atoms with Crippen LogP contribution in [0.5, 0.6) is 0 Å². The zero-order valence-corrected chi connectivity index (χ0v) is 11.4. The van der Waals surface area contributed by atoms with Crippen LogP contribution in [0.15, 0.2) is 12.4 Å². The standard InChI is InChI=1S/C11H15F3N4.ClH/c1-7-5-18(6-8(2)17-7)10-15-3-9(4-16-10)11(12,13)14;/h3-4,7-8,17H,5-6H2,1-2H3;1H/t7-,8+;. The van der Waals surface area contributed by atoms with Gasteiger partial charge in [-0.1, -0.05) is 0 Å². The normalized spacial score (nSPS) is 23.9. The van der Waals surface area contributed by atoms with Crippen molar-refractivity contribution in [3.8, 4) is 0 Å². The Bertz CT molecular complexity index is 399. The van der Waals surface area contributed by atoms with E-state index >= 15 is 0 Å². The molecule has 1 saturated heterocycles. The van der Waals surface area contributed by atoms with Crippen molar-refractivity contribution in [1.29, 1.82) is 0 Å². The first kappa shape index (κ1) is 16.0. The molecule has 2 rings (SSSR count). The lowest BCUT2D eigenvalue weighted by Gasteiger charge is -2.36. The molecular weight excluding hydrogens is 281 g/mol. The first-order chi connectivity index (χ1) is 8.36. The highest BCUT2D eigenvalue weighted by Crippen LogP contribution is 2.28. The number of piperazine rings is 1. The predicted molar refractivity (Wildman–Crippen MR) is 68.6 cm³/mol. The van der Waals surface area contributed by atoms with Gasteiger partial charge in [-0.2, -0.15) is 13.2 Å². The number of halogens is 4. The molecule has 1 aromatic heterocycles. The van der Waals surface area contributed by atoms with Gasteiger partial charge in [0.1, 0.15) is 0 Å². The van der Waals surface area contributed by atoms with Gasteiger partial charge < -0.3 is 10.2 Å². The quantitative estimate of drug-likeness (QED) is 0.862. The number of nitrogens with zero attached hydrogens (tertiary/aromatic N) is 3. The summed E-state index contributed by atoms with van der Waals surface area (Å²) in [5.74, 6) is 0.350. The Morgan fingerprint density at radius 3 is 2.05 bits per heavy atom. The van der Waals surface area contributed by atoms with Crippen LogP contribution < -0.4 is 10.2 Å². The molecule has 108 valence electrons. The van der Waals surface area contributed by atoms with Gasteiger partial charge in [-0.05, 0) is 13.8 Å². The highest BCUT2D eigenvalue weighted by molar-refractivity contribution is 5.85. The van der Waals surface area contributed by atoms with Gasteiger partial charge in [0.25, 0.3) is 0 Å². The molecule has 0 unspecified atom stereocenters. The van der Waals surface area contributed by atoms with E-state index in [9.17, 15) is 13.2 Å². The molecule has 0 aromatic carbocycles. The van der Waals surface area contributed by atoms with Gasteiger partial charge in [0.15, 0.2) is 0 Å². The molecule has 2 heterocycles. The van der Waals surface area contributed by atoms with Crippen molar-refractivity contribution in [1.82, 2.24) is 15.3 Å². The molecule has 1 aromatic rings. The number of hydrogen-bond donors (Lipinski definition) is 1. The monoisotopic (exact) mass is 296 g/mol. The molecule has 0 spiro atoms. The average molecular weight is 297 g/mol. The molecule has 0 saturated carbocycles. The van der Waals surface area contributed by atoms with Crippen LogP contribution >= 0.6 is 12.4 Å². The van der Waals surface area contributed by atoms with E-state index in [0.29, 0.717) is 19.0 Å². The number of rotatable bonds is 1. The van der Waals surface area contributed by atoms with E-state index in [1.54, 1.807) is 0 Å². The van der Waals surface area contributed by atoms with Crippen molar-refractivity contribution in [2.75, 3.05) is 18.0 Å². The van der Waals surface area contributed by atoms with Crippen molar-refractivity contribution >= 4 is 18.4 Å². The fourth-order valence-corrected chi connectivity index (χ4v) is 2.12. The van der Waals surface area contributed by atoms with Crippen molar-refractivity contribution < 1.29 is 13.2 Å². The Kier molecular flexibility index (Phi) is 4.98. The second-order valence-corrected chi connectivity index (χ2v) is 4.64. The summed E-state index contributed by atoms with van der Waals surface area (Å²) in [6, 6.07) is 0.527. The minimum absolute atomic E-state index is 0. The maximum Gasteiger partial charge on any atom is 0.419 e. The zero-order chi connectivity index (χ0) is 13.3. The van der Waals surface area contributed by atoms with E-state index in [4.69, 9.17) is 0 Å². The number of hydrogen-bond acceptors (Lipinski definition) is 4. The third-order valence-corrected chi connectivity index (χ3v) is 2.81. The van der Waals surface area contributed by atoms with Crippen LogP contribution in [0.1, 0.15) is 19.4 Å². The molecule has 1 aliphatic rings. The molecule has 1 fully saturated rings. The van der Waals surface area contributed by atoms with E-state index in [1.165, 1.54) is 0 Å². The van der Waals surface area contributed by atoms with Crippen LogP contribution in [0.3, 0.4) is 0 Å². The summed E-state index contributed by atoms with van der Waals surface area (Å²) < 4.78 is 37.1. The number of aromatic nitrogens is 2. The largest absolute Gasteiger partial charge is 0.419 e. The van der Waals surface area contributed by atoms with Crippen LogP contribution in [0, 0.1) is 0 Å². The summed E-state index contributed by atoms with van der Waals surface area (Å²) in [5, 5.41) is 3.34. The van der Waals surface area contributed by atoms with Gasteiger partial charge in [0.2, 0.25) is 5.95 Å². The Morgan fingerprint density at radius 2 is 1.63 bits per heavy atom. The fourth-order valence-electron chi connectivity index (χ4n) is 2.12. The number of nitrogens with one attached hydrogen (secondary N) is 1. The Balaban J connectivity index is 0.00000180. The topological polar surface area (TPSA) is 41.1 Å². The van der Waals surface area contributed by atoms with E-state index in [1.807, 2.05) is 18.7 Å². The Hall–Kier alpha value is -1.08. The minimum Gasteiger partial charge on any atom is -0.338 e. The molecule has 1 N–H and O–H groups in total. The minimum atomic E-state index is -4.39. The molecular formula is C11H16ClF3N4. The van der Waals surface area contributed by atoms with E-state index in [2.05, 4.69) is 15.3 Å². The molecule has 8 heteroatoms. The molecule has 2 atom stereocenters. The van der Waals surface area contributed by atoms with Crippen LogP contribution in [-0.2, 0) is 6.18 Å². The van der Waals surface area contributed by atoms with E-state index in [-0.39, 0.29) is 24.5 Å². The second-order valence-electron chi connectivity index (χ2n) is 4.64. The van der Waals surface area contributed by atoms with Crippen molar-refractivity contribution in [2.24, 2.45) is 0 Å². The molecule has 4 nitrogen and oxygen atoms in total. The van der Waals surface area contributed by atoms with Crippen LogP contribution in [0.25, 0.3) is 0 Å². The third-order valence-electron chi connectivity index (χ3n) is 2.81. The second kappa shape index (κ2) is 5.92. The highest BCUT2D eigenvalue weighted by Gasteiger charge is 2.32. The smallest absolute Gasteiger partial charge is 0.338 e. The molecule has 1 aliphatic heterocycles. The maximum atomic E-state index is 12.4. The summed E-state index contributed by atoms with van der Waals surface area (Å²) in [4.78, 5) is 9.50. The molecule has 19 heavy (non-hydrogen) atoms. The van der Waals surface area contributed by atoms with Gasteiger partial charge >= 0.3 is 6.18 Å². The zero-order valence-electron chi connectivity index (χ0n) is 10.6. The Morgan fingerprint density at radius 1 is 1.16 bits per heavy atom. The lowest BCUT2D eigenvalue weighted by molar-refractivity contribution is -0.138. The highest BCUT2D eigenvalue weighted by atomic mass is 35.5. The molecule has 0 radical (unpaired) electrons. The molecule has 0 bridgehead atoms. The van der Waals surface area contributed by atoms with Crippen LogP contribution in [-0.4, -0.2) is 35.1 Å². The number of alkyl halides is 3. The van der Waals surface area contributed by atoms with Gasteiger partial charge in [-0.15, -0.1) is 12.4 Å². The average Bonchev–Trinajstić information content (AvgIpc) is 2.27. The summed E-state index contributed by atoms with van der Waals surface area (Å²) in [6.45, 7) is 5.42. The SMILES string of the molecule is C[C@@H]1CN(c2ncc(C(F)(F)F)cn2)C[C@H](C)N1.Cl. The lowest BCUT2D eigenvalue weighted by atomic mass is 10.1. The molecule has 0 aliphatic carbocycles. The van der Waals surface area contributed by atoms with E-state index in [0.717, 1.165) is 12.4 Å². The predicted octanol–water partition coefficient (Wildman–Crippen LogP) is 2.10. The summed E-state index contributed by atoms with van der Waals surface area (Å²) in [6.07, 6.45) is -2.72. The summed E-state index contributed by atoms with van der Waals surface area (Å²) >= 11 is 0. The first-order valence-electron chi connectivity index (χ1n) is 5.76. The Labute approximate surface area is 115 Å². The van der Waals surface area contributed by atoms with Gasteiger partial charge in [0, 0.05) is 37.6 Å². The lowest BCUT2D eigenvalue weighted by Crippen LogP contribution is -2.54. The van der Waals surface area contributed by atoms with E-state index < -0.39 is 11.7 Å². The van der Waals surface area contributed by atoms with Crippen LogP contribution in [0.4, 0.5) is 19.1 Å². The first-order valence-corrected chi connectivity index (χ1v) is 5.76. The van der Waals surface area contributed by atoms with Gasteiger partial charge in [-0.25, -0.2) is 9.97 Å². The fraction of sp³-hybridized carbons (Fsp3) is 0.636. The van der Waals surface area contributed by atoms with Crippen LogP contribution in [0.2, 0.25) is 0 Å². The molecule has 0 amide bonds. The maximum absolute atomic E-state index is 12.4. The van der Waals surface area contributed by atoms with Gasteiger partial charge in [0.05, 0.1) is 5.56 Å². The summed E-state index contributed by atoms with van der Waals surface area (Å²) in [7, 11) is 0. The van der Waals surface area contributed by atoms with Crippen molar-refractivity contribution in [3.63, 3.8) is 0 Å². The van der Waals surface area contributed by atoms with Crippen molar-refractivity contribution in [3.05, 3.63) is 18.0 Å². The number of anilines is 1. The third kappa shape index (κ3) is 3.94. The van der Waals surface area contributed by atoms with Gasteiger partial charge in [-0.3, -0.25) is 0 Å². The van der Waals surface area contributed by atoms with Crippen molar-refractivity contribution in [2.45, 2.75) is 32.1 Å². The summed E-state index contributed by atoms with van der Waals surface area (Å²) in [5.41, 5.74) is -0.817.